The van der Waals surface area contributed by atoms with E-state index in [2.05, 4.69) is 25.9 Å². The van der Waals surface area contributed by atoms with Crippen LogP contribution in [0.5, 0.6) is 0 Å². The van der Waals surface area contributed by atoms with Gasteiger partial charge in [0.05, 0.1) is 11.9 Å². The van der Waals surface area contributed by atoms with Crippen LogP contribution in [0.15, 0.2) is 44.9 Å². The van der Waals surface area contributed by atoms with Gasteiger partial charge in [0.1, 0.15) is 5.03 Å². The Balaban J connectivity index is 2.34. The molecular weight excluding hydrogens is 310 g/mol. The third kappa shape index (κ3) is 2.66. The van der Waals surface area contributed by atoms with E-state index in [9.17, 15) is 0 Å². The first kappa shape index (κ1) is 11.7. The summed E-state index contributed by atoms with van der Waals surface area (Å²) >= 11 is 10.6. The van der Waals surface area contributed by atoms with Crippen molar-refractivity contribution >= 4 is 45.0 Å². The van der Waals surface area contributed by atoms with Crippen LogP contribution in [0.3, 0.4) is 0 Å². The van der Waals surface area contributed by atoms with Crippen LogP contribution in [0.25, 0.3) is 0 Å². The molecule has 2 N–H and O–H groups in total. The predicted octanol–water partition coefficient (Wildman–Crippen LogP) is 3.63. The van der Waals surface area contributed by atoms with Gasteiger partial charge in [-0.25, -0.2) is 9.97 Å². The van der Waals surface area contributed by atoms with E-state index in [1.54, 1.807) is 0 Å². The molecule has 0 aliphatic rings. The van der Waals surface area contributed by atoms with Crippen molar-refractivity contribution in [1.29, 1.82) is 0 Å². The number of halogens is 2. The van der Waals surface area contributed by atoms with Gasteiger partial charge >= 0.3 is 0 Å². The molecule has 16 heavy (non-hydrogen) atoms. The van der Waals surface area contributed by atoms with Gasteiger partial charge in [0.2, 0.25) is 5.28 Å². The first-order valence-corrected chi connectivity index (χ1v) is 6.36. The lowest BCUT2D eigenvalue weighted by Crippen LogP contribution is -1.94. The van der Waals surface area contributed by atoms with E-state index < -0.39 is 0 Å². The highest BCUT2D eigenvalue weighted by atomic mass is 79.9. The minimum atomic E-state index is 0.198. The van der Waals surface area contributed by atoms with Crippen molar-refractivity contribution in [3.05, 3.63) is 40.2 Å². The topological polar surface area (TPSA) is 51.8 Å². The lowest BCUT2D eigenvalue weighted by atomic mass is 10.4. The number of rotatable bonds is 2. The quantitative estimate of drug-likeness (QED) is 0.679. The van der Waals surface area contributed by atoms with Gasteiger partial charge in [0.15, 0.2) is 0 Å². The first-order valence-electron chi connectivity index (χ1n) is 4.37. The molecule has 82 valence electrons. The average Bonchev–Trinajstić information content (AvgIpc) is 2.27. The molecule has 1 aromatic heterocycles. The van der Waals surface area contributed by atoms with Crippen molar-refractivity contribution in [2.75, 3.05) is 5.73 Å². The Labute approximate surface area is 111 Å². The van der Waals surface area contributed by atoms with Crippen LogP contribution in [0, 0.1) is 0 Å². The number of aromatic nitrogens is 2. The smallest absolute Gasteiger partial charge is 0.223 e. The summed E-state index contributed by atoms with van der Waals surface area (Å²) in [4.78, 5) is 8.92. The van der Waals surface area contributed by atoms with Crippen LogP contribution < -0.4 is 5.73 Å². The first-order chi connectivity index (χ1) is 7.66. The minimum absolute atomic E-state index is 0.198. The zero-order valence-corrected chi connectivity index (χ0v) is 11.2. The molecule has 2 rings (SSSR count). The Morgan fingerprint density at radius 2 is 2.06 bits per heavy atom. The van der Waals surface area contributed by atoms with Crippen LogP contribution in [0.2, 0.25) is 5.28 Å². The lowest BCUT2D eigenvalue weighted by molar-refractivity contribution is 1.06. The van der Waals surface area contributed by atoms with Gasteiger partial charge in [-0.1, -0.05) is 23.9 Å². The summed E-state index contributed by atoms with van der Waals surface area (Å²) in [5.74, 6) is 0. The summed E-state index contributed by atoms with van der Waals surface area (Å²) in [6.45, 7) is 0. The summed E-state index contributed by atoms with van der Waals surface area (Å²) < 4.78 is 0.995. The molecule has 0 spiro atoms. The number of nitrogens with zero attached hydrogens (tertiary/aromatic N) is 2. The lowest BCUT2D eigenvalue weighted by Gasteiger charge is -2.05. The number of nitrogen functional groups attached to an aromatic ring is 1. The number of anilines is 1. The van der Waals surface area contributed by atoms with Crippen molar-refractivity contribution < 1.29 is 0 Å². The maximum atomic E-state index is 5.77. The summed E-state index contributed by atoms with van der Waals surface area (Å²) in [5, 5.41) is 0.857. The van der Waals surface area contributed by atoms with E-state index in [-0.39, 0.29) is 5.28 Å². The van der Waals surface area contributed by atoms with Crippen LogP contribution in [-0.4, -0.2) is 9.97 Å². The summed E-state index contributed by atoms with van der Waals surface area (Å²) in [7, 11) is 0. The zero-order valence-electron chi connectivity index (χ0n) is 8.02. The van der Waals surface area contributed by atoms with Gasteiger partial charge in [-0.3, -0.25) is 0 Å². The molecule has 0 saturated carbocycles. The minimum Gasteiger partial charge on any atom is -0.395 e. The summed E-state index contributed by atoms with van der Waals surface area (Å²) in [6.07, 6.45) is 1.51. The normalized spacial score (nSPS) is 10.4. The van der Waals surface area contributed by atoms with Gasteiger partial charge < -0.3 is 5.73 Å². The molecule has 0 bridgehead atoms. The second-order valence-electron chi connectivity index (χ2n) is 2.93. The van der Waals surface area contributed by atoms with Crippen LogP contribution in [0.4, 0.5) is 5.69 Å². The second kappa shape index (κ2) is 5.03. The van der Waals surface area contributed by atoms with Gasteiger partial charge in [-0.2, -0.15) is 0 Å². The summed E-state index contributed by atoms with van der Waals surface area (Å²) in [5.41, 5.74) is 6.29. The Kier molecular flexibility index (Phi) is 3.68. The molecule has 1 aromatic carbocycles. The van der Waals surface area contributed by atoms with E-state index in [0.717, 1.165) is 9.37 Å². The zero-order chi connectivity index (χ0) is 11.5. The molecule has 0 radical (unpaired) electrons. The van der Waals surface area contributed by atoms with Crippen molar-refractivity contribution in [3.63, 3.8) is 0 Å². The number of nitrogens with two attached hydrogens (primary N) is 1. The third-order valence-corrected chi connectivity index (χ3v) is 4.03. The molecular formula is C10H7BrClN3S. The largest absolute Gasteiger partial charge is 0.395 e. The van der Waals surface area contributed by atoms with E-state index in [0.29, 0.717) is 10.7 Å². The standard InChI is InChI=1S/C10H7BrClN3S/c11-6-3-1-2-4-8(6)16-9-7(13)5-14-10(12)15-9/h1-5H,13H2. The van der Waals surface area contributed by atoms with E-state index in [1.165, 1.54) is 18.0 Å². The monoisotopic (exact) mass is 315 g/mol. The van der Waals surface area contributed by atoms with Gasteiger partial charge in [0, 0.05) is 9.37 Å². The molecule has 6 heteroatoms. The van der Waals surface area contributed by atoms with Gasteiger partial charge in [0.25, 0.3) is 0 Å². The molecule has 2 aromatic rings. The Bertz CT molecular complexity index is 521. The maximum Gasteiger partial charge on any atom is 0.223 e. The highest BCUT2D eigenvalue weighted by Crippen LogP contribution is 2.34. The molecule has 0 saturated heterocycles. The number of hydrogen-bond donors (Lipinski definition) is 1. The fourth-order valence-corrected chi connectivity index (χ4v) is 2.60. The fraction of sp³-hybridized carbons (Fsp3) is 0. The van der Waals surface area contributed by atoms with E-state index in [4.69, 9.17) is 17.3 Å². The van der Waals surface area contributed by atoms with E-state index >= 15 is 0 Å². The molecule has 0 amide bonds. The molecule has 1 heterocycles. The Morgan fingerprint density at radius 3 is 2.81 bits per heavy atom. The van der Waals surface area contributed by atoms with E-state index in [1.807, 2.05) is 24.3 Å². The molecule has 0 atom stereocenters. The molecule has 0 fully saturated rings. The number of hydrogen-bond acceptors (Lipinski definition) is 4. The van der Waals surface area contributed by atoms with Gasteiger partial charge in [-0.05, 0) is 39.7 Å². The average molecular weight is 317 g/mol. The highest BCUT2D eigenvalue weighted by molar-refractivity contribution is 9.10. The number of benzene rings is 1. The van der Waals surface area contributed by atoms with Crippen molar-refractivity contribution in [2.45, 2.75) is 9.92 Å². The van der Waals surface area contributed by atoms with Crippen molar-refractivity contribution in [3.8, 4) is 0 Å². The predicted molar refractivity (Wildman–Crippen MR) is 69.7 cm³/mol. The molecule has 3 nitrogen and oxygen atoms in total. The molecule has 0 unspecified atom stereocenters. The Hall–Kier alpha value is -0.780. The van der Waals surface area contributed by atoms with Crippen LogP contribution >= 0.6 is 39.3 Å². The van der Waals surface area contributed by atoms with Gasteiger partial charge in [-0.15, -0.1) is 0 Å². The SMILES string of the molecule is Nc1cnc(Cl)nc1Sc1ccccc1Br. The summed E-state index contributed by atoms with van der Waals surface area (Å²) in [6, 6.07) is 7.84. The van der Waals surface area contributed by atoms with Crippen molar-refractivity contribution in [2.24, 2.45) is 0 Å². The fourth-order valence-electron chi connectivity index (χ4n) is 1.07. The molecule has 0 aliphatic carbocycles. The second-order valence-corrected chi connectivity index (χ2v) is 5.16. The third-order valence-electron chi connectivity index (χ3n) is 1.79. The highest BCUT2D eigenvalue weighted by Gasteiger charge is 2.07. The van der Waals surface area contributed by atoms with Crippen molar-refractivity contribution in [1.82, 2.24) is 9.97 Å². The Morgan fingerprint density at radius 1 is 1.31 bits per heavy atom. The van der Waals surface area contributed by atoms with Crippen LogP contribution in [0.1, 0.15) is 0 Å². The van der Waals surface area contributed by atoms with Crippen LogP contribution in [-0.2, 0) is 0 Å². The molecule has 0 aliphatic heterocycles. The maximum absolute atomic E-state index is 5.77.